The molecule has 22 heavy (non-hydrogen) atoms. The fraction of sp³-hybridized carbons (Fsp3) is 0.333. The van der Waals surface area contributed by atoms with Crippen molar-refractivity contribution in [2.75, 3.05) is 13.1 Å². The lowest BCUT2D eigenvalue weighted by molar-refractivity contribution is 0.0775. The zero-order valence-electron chi connectivity index (χ0n) is 12.0. The molecular formula is C15H14N4O2S. The highest BCUT2D eigenvalue weighted by molar-refractivity contribution is 7.12. The highest BCUT2D eigenvalue weighted by Crippen LogP contribution is 2.22. The van der Waals surface area contributed by atoms with Gasteiger partial charge in [-0.3, -0.25) is 4.79 Å². The van der Waals surface area contributed by atoms with E-state index in [-0.39, 0.29) is 23.6 Å². The Bertz CT molecular complexity index is 737. The summed E-state index contributed by atoms with van der Waals surface area (Å²) in [5, 5.41) is 11.0. The Morgan fingerprint density at radius 3 is 3.05 bits per heavy atom. The molecule has 0 radical (unpaired) electrons. The molecule has 3 rings (SSSR count). The maximum Gasteiger partial charge on any atom is 0.264 e. The highest BCUT2D eigenvalue weighted by atomic mass is 32.1. The number of nitrogens with zero attached hydrogens (tertiary/aromatic N) is 4. The number of amides is 1. The van der Waals surface area contributed by atoms with Crippen LogP contribution in [0.2, 0.25) is 0 Å². The Morgan fingerprint density at radius 2 is 2.32 bits per heavy atom. The van der Waals surface area contributed by atoms with Gasteiger partial charge in [0.2, 0.25) is 5.69 Å². The van der Waals surface area contributed by atoms with Crippen LogP contribution in [0.1, 0.15) is 27.3 Å². The lowest BCUT2D eigenvalue weighted by Gasteiger charge is -2.16. The average molecular weight is 314 g/mol. The van der Waals surface area contributed by atoms with Gasteiger partial charge in [-0.2, -0.15) is 5.26 Å². The molecule has 112 valence electrons. The van der Waals surface area contributed by atoms with E-state index in [0.29, 0.717) is 13.1 Å². The average Bonchev–Trinajstić information content (AvgIpc) is 3.16. The second-order valence-electron chi connectivity index (χ2n) is 5.09. The first kappa shape index (κ1) is 14.5. The molecule has 1 atom stereocenters. The van der Waals surface area contributed by atoms with E-state index < -0.39 is 0 Å². The largest absolute Gasteiger partial charge is 0.470 e. The Labute approximate surface area is 132 Å². The van der Waals surface area contributed by atoms with E-state index in [1.807, 2.05) is 24.4 Å². The van der Waals surface area contributed by atoms with Crippen molar-refractivity contribution in [3.05, 3.63) is 40.0 Å². The minimum atomic E-state index is -0.159. The van der Waals surface area contributed by atoms with Gasteiger partial charge < -0.3 is 9.64 Å². The number of ether oxygens (including phenoxy) is 1. The van der Waals surface area contributed by atoms with Crippen LogP contribution >= 0.6 is 11.3 Å². The minimum Gasteiger partial charge on any atom is -0.470 e. The van der Waals surface area contributed by atoms with Crippen LogP contribution < -0.4 is 4.74 Å². The summed E-state index contributed by atoms with van der Waals surface area (Å²) >= 11 is 1.46. The molecule has 0 N–H and O–H groups in total. The summed E-state index contributed by atoms with van der Waals surface area (Å²) in [7, 11) is 0. The molecule has 7 heteroatoms. The number of aryl methyl sites for hydroxylation is 1. The van der Waals surface area contributed by atoms with Gasteiger partial charge in [0, 0.05) is 25.4 Å². The number of nitriles is 1. The molecule has 0 saturated carbocycles. The third kappa shape index (κ3) is 2.92. The van der Waals surface area contributed by atoms with Gasteiger partial charge in [-0.25, -0.2) is 9.97 Å². The van der Waals surface area contributed by atoms with Crippen LogP contribution in [-0.2, 0) is 0 Å². The predicted octanol–water partition coefficient (Wildman–Crippen LogP) is 2.01. The first-order valence-electron chi connectivity index (χ1n) is 6.89. The van der Waals surface area contributed by atoms with Crippen molar-refractivity contribution in [3.63, 3.8) is 0 Å². The number of aromatic nitrogens is 2. The predicted molar refractivity (Wildman–Crippen MR) is 80.7 cm³/mol. The van der Waals surface area contributed by atoms with E-state index in [1.54, 1.807) is 4.90 Å². The number of likely N-dealkylation sites (tertiary alicyclic amines) is 1. The fourth-order valence-electron chi connectivity index (χ4n) is 2.35. The Hall–Kier alpha value is -2.46. The third-order valence-electron chi connectivity index (χ3n) is 3.42. The second-order valence-corrected chi connectivity index (χ2v) is 6.00. The molecule has 1 saturated heterocycles. The molecule has 0 spiro atoms. The van der Waals surface area contributed by atoms with Gasteiger partial charge in [-0.1, -0.05) is 0 Å². The highest BCUT2D eigenvalue weighted by Gasteiger charge is 2.29. The zero-order chi connectivity index (χ0) is 15.5. The van der Waals surface area contributed by atoms with Crippen molar-refractivity contribution in [2.45, 2.75) is 19.4 Å². The van der Waals surface area contributed by atoms with Crippen LogP contribution in [0.25, 0.3) is 0 Å². The first-order chi connectivity index (χ1) is 10.7. The van der Waals surface area contributed by atoms with Crippen molar-refractivity contribution in [1.82, 2.24) is 14.9 Å². The molecule has 0 aromatic carbocycles. The number of thiophene rings is 1. The molecule has 2 aromatic rings. The monoisotopic (exact) mass is 314 g/mol. The number of rotatable bonds is 3. The van der Waals surface area contributed by atoms with Crippen molar-refractivity contribution in [3.8, 4) is 11.9 Å². The lowest BCUT2D eigenvalue weighted by Crippen LogP contribution is -2.30. The summed E-state index contributed by atoms with van der Waals surface area (Å²) in [5.74, 6) is 0.264. The number of hydrogen-bond acceptors (Lipinski definition) is 6. The molecule has 0 unspecified atom stereocenters. The SMILES string of the molecule is Cc1csc(C(=O)N2CC[C@H](Oc3nccnc3C#N)C2)c1. The van der Waals surface area contributed by atoms with E-state index in [1.165, 1.54) is 23.7 Å². The Balaban J connectivity index is 1.65. The maximum absolute atomic E-state index is 12.4. The normalized spacial score (nSPS) is 17.3. The Morgan fingerprint density at radius 1 is 1.50 bits per heavy atom. The van der Waals surface area contributed by atoms with E-state index in [9.17, 15) is 4.79 Å². The molecule has 1 aliphatic heterocycles. The van der Waals surface area contributed by atoms with Crippen molar-refractivity contribution >= 4 is 17.2 Å². The smallest absolute Gasteiger partial charge is 0.264 e. The van der Waals surface area contributed by atoms with E-state index >= 15 is 0 Å². The first-order valence-corrected chi connectivity index (χ1v) is 7.77. The molecule has 1 aliphatic rings. The maximum atomic E-state index is 12.4. The van der Waals surface area contributed by atoms with E-state index in [2.05, 4.69) is 9.97 Å². The van der Waals surface area contributed by atoms with Gasteiger partial charge in [0.1, 0.15) is 12.2 Å². The third-order valence-corrected chi connectivity index (χ3v) is 4.46. The summed E-state index contributed by atoms with van der Waals surface area (Å²) < 4.78 is 5.73. The van der Waals surface area contributed by atoms with Gasteiger partial charge in [0.15, 0.2) is 0 Å². The zero-order valence-corrected chi connectivity index (χ0v) is 12.8. The molecule has 6 nitrogen and oxygen atoms in total. The standard InChI is InChI=1S/C15H14N4O2S/c1-10-6-13(22-9-10)15(20)19-5-2-11(8-19)21-14-12(7-16)17-3-4-18-14/h3-4,6,9,11H,2,5,8H2,1H3/t11-/m0/s1. The van der Waals surface area contributed by atoms with Gasteiger partial charge in [0.25, 0.3) is 11.8 Å². The molecular weight excluding hydrogens is 300 g/mol. The summed E-state index contributed by atoms with van der Waals surface area (Å²) in [4.78, 5) is 22.9. The molecule has 0 aliphatic carbocycles. The second kappa shape index (κ2) is 6.12. The summed E-state index contributed by atoms with van der Waals surface area (Å²) in [6.07, 6.45) is 3.50. The van der Waals surface area contributed by atoms with Gasteiger partial charge >= 0.3 is 0 Å². The number of carbonyl (C=O) groups excluding carboxylic acids is 1. The summed E-state index contributed by atoms with van der Waals surface area (Å²) in [6, 6.07) is 3.86. The van der Waals surface area contributed by atoms with E-state index in [4.69, 9.17) is 10.00 Å². The number of carbonyl (C=O) groups is 1. The van der Waals surface area contributed by atoms with Crippen LogP contribution in [0.4, 0.5) is 0 Å². The van der Waals surface area contributed by atoms with Crippen LogP contribution in [0.5, 0.6) is 5.88 Å². The quantitative estimate of drug-likeness (QED) is 0.866. The fourth-order valence-corrected chi connectivity index (χ4v) is 3.22. The summed E-state index contributed by atoms with van der Waals surface area (Å²) in [6.45, 7) is 3.11. The van der Waals surface area contributed by atoms with Crippen LogP contribution in [-0.4, -0.2) is 40.0 Å². The summed E-state index contributed by atoms with van der Waals surface area (Å²) in [5.41, 5.74) is 1.26. The van der Waals surface area contributed by atoms with Gasteiger partial charge in [-0.15, -0.1) is 11.3 Å². The molecule has 2 aromatic heterocycles. The molecule has 1 amide bonds. The van der Waals surface area contributed by atoms with E-state index in [0.717, 1.165) is 16.9 Å². The van der Waals surface area contributed by atoms with Crippen molar-refractivity contribution in [2.24, 2.45) is 0 Å². The van der Waals surface area contributed by atoms with Crippen molar-refractivity contribution < 1.29 is 9.53 Å². The van der Waals surface area contributed by atoms with Crippen LogP contribution in [0, 0.1) is 18.3 Å². The van der Waals surface area contributed by atoms with Gasteiger partial charge in [-0.05, 0) is 23.9 Å². The number of hydrogen-bond donors (Lipinski definition) is 0. The minimum absolute atomic E-state index is 0.0313. The van der Waals surface area contributed by atoms with Gasteiger partial charge in [0.05, 0.1) is 11.4 Å². The van der Waals surface area contributed by atoms with Crippen molar-refractivity contribution in [1.29, 1.82) is 5.26 Å². The lowest BCUT2D eigenvalue weighted by atomic mass is 10.3. The molecule has 3 heterocycles. The topological polar surface area (TPSA) is 79.1 Å². The van der Waals surface area contributed by atoms with Crippen LogP contribution in [0.15, 0.2) is 23.8 Å². The Kier molecular flexibility index (Phi) is 4.02. The molecule has 0 bridgehead atoms. The molecule has 1 fully saturated rings. The van der Waals surface area contributed by atoms with Crippen LogP contribution in [0.3, 0.4) is 0 Å².